The van der Waals surface area contributed by atoms with Crippen LogP contribution in [-0.2, 0) is 11.3 Å². The van der Waals surface area contributed by atoms with Crippen molar-refractivity contribution in [3.05, 3.63) is 21.8 Å². The summed E-state index contributed by atoms with van der Waals surface area (Å²) in [5, 5.41) is 11.6. The van der Waals surface area contributed by atoms with Gasteiger partial charge in [-0.25, -0.2) is 4.68 Å². The molecule has 7 nitrogen and oxygen atoms in total. The van der Waals surface area contributed by atoms with E-state index >= 15 is 0 Å². The number of hydrogen-bond acceptors (Lipinski definition) is 5. The largest absolute Gasteiger partial charge is 0.360 e. The second-order valence-electron chi connectivity index (χ2n) is 5.38. The van der Waals surface area contributed by atoms with E-state index in [1.165, 1.54) is 4.68 Å². The fraction of sp³-hybridized carbons (Fsp3) is 0.600. The summed E-state index contributed by atoms with van der Waals surface area (Å²) in [5.41, 5.74) is 0.738. The van der Waals surface area contributed by atoms with Crippen LogP contribution in [0.25, 0.3) is 10.9 Å². The Labute approximate surface area is 128 Å². The Kier molecular flexibility index (Phi) is 5.30. The van der Waals surface area contributed by atoms with Crippen molar-refractivity contribution in [1.29, 1.82) is 0 Å². The number of nitrogens with zero attached hydrogens (tertiary/aromatic N) is 3. The van der Waals surface area contributed by atoms with Gasteiger partial charge in [0.25, 0.3) is 5.56 Å². The summed E-state index contributed by atoms with van der Waals surface area (Å²) >= 11 is 0. The maximum atomic E-state index is 12.3. The Morgan fingerprint density at radius 2 is 2.09 bits per heavy atom. The topological polar surface area (TPSA) is 90.0 Å². The monoisotopic (exact) mass is 306 g/mol. The van der Waals surface area contributed by atoms with Crippen molar-refractivity contribution in [3.8, 4) is 0 Å². The predicted octanol–water partition coefficient (Wildman–Crippen LogP) is 1.70. The molecule has 0 bridgehead atoms. The molecule has 0 aliphatic heterocycles. The lowest BCUT2D eigenvalue weighted by atomic mass is 10.2. The summed E-state index contributed by atoms with van der Waals surface area (Å²) in [6.45, 7) is 6.75. The first-order valence-corrected chi connectivity index (χ1v) is 7.65. The van der Waals surface area contributed by atoms with Crippen molar-refractivity contribution >= 4 is 16.8 Å². The molecular weight excluding hydrogens is 284 g/mol. The first kappa shape index (κ1) is 16.2. The lowest BCUT2D eigenvalue weighted by Gasteiger charge is -2.07. The number of fused-ring (bicyclic) bond motifs is 1. The average molecular weight is 306 g/mol. The summed E-state index contributed by atoms with van der Waals surface area (Å²) in [6, 6.07) is 0. The molecule has 0 fully saturated rings. The highest BCUT2D eigenvalue weighted by Gasteiger charge is 2.14. The van der Waals surface area contributed by atoms with Crippen molar-refractivity contribution in [1.82, 2.24) is 20.3 Å². The van der Waals surface area contributed by atoms with E-state index in [1.54, 1.807) is 6.92 Å². The van der Waals surface area contributed by atoms with E-state index in [2.05, 4.69) is 22.5 Å². The maximum absolute atomic E-state index is 12.3. The molecule has 1 N–H and O–H groups in total. The van der Waals surface area contributed by atoms with Crippen molar-refractivity contribution < 1.29 is 9.32 Å². The van der Waals surface area contributed by atoms with E-state index in [-0.39, 0.29) is 11.5 Å². The molecule has 2 aromatic rings. The standard InChI is InChI=1S/C15H22N4O3/c1-4-5-8-16-12(20)7-6-9-19-15(21)14-13(10(2)17-19)11(3)22-18-14/h4-9H2,1-3H3,(H,16,20). The van der Waals surface area contributed by atoms with Crippen LogP contribution in [-0.4, -0.2) is 27.4 Å². The molecule has 2 rings (SSSR count). The number of hydrogen-bond donors (Lipinski definition) is 1. The number of amides is 1. The first-order valence-electron chi connectivity index (χ1n) is 7.65. The number of rotatable bonds is 7. The molecule has 0 spiro atoms. The van der Waals surface area contributed by atoms with Crippen LogP contribution in [0.2, 0.25) is 0 Å². The van der Waals surface area contributed by atoms with E-state index in [9.17, 15) is 9.59 Å². The average Bonchev–Trinajstić information content (AvgIpc) is 2.87. The van der Waals surface area contributed by atoms with Gasteiger partial charge >= 0.3 is 0 Å². The maximum Gasteiger partial charge on any atom is 0.296 e. The fourth-order valence-corrected chi connectivity index (χ4v) is 2.38. The predicted molar refractivity (Wildman–Crippen MR) is 82.7 cm³/mol. The fourth-order valence-electron chi connectivity index (χ4n) is 2.38. The van der Waals surface area contributed by atoms with Gasteiger partial charge in [-0.3, -0.25) is 9.59 Å². The Hall–Kier alpha value is -2.18. The van der Waals surface area contributed by atoms with Gasteiger partial charge in [0.05, 0.1) is 11.1 Å². The van der Waals surface area contributed by atoms with E-state index in [0.717, 1.165) is 12.8 Å². The summed E-state index contributed by atoms with van der Waals surface area (Å²) in [5.74, 6) is 0.608. The quantitative estimate of drug-likeness (QED) is 0.786. The molecule has 22 heavy (non-hydrogen) atoms. The number of carbonyl (C=O) groups excluding carboxylic acids is 1. The molecule has 0 radical (unpaired) electrons. The summed E-state index contributed by atoms with van der Waals surface area (Å²) in [6.07, 6.45) is 2.98. The van der Waals surface area contributed by atoms with Crippen molar-refractivity contribution in [2.24, 2.45) is 0 Å². The van der Waals surface area contributed by atoms with Crippen LogP contribution in [0, 0.1) is 13.8 Å². The smallest absolute Gasteiger partial charge is 0.296 e. The van der Waals surface area contributed by atoms with Gasteiger partial charge in [0.2, 0.25) is 5.91 Å². The Bertz CT molecular complexity index is 717. The highest BCUT2D eigenvalue weighted by Crippen LogP contribution is 2.16. The van der Waals surface area contributed by atoms with E-state index in [1.807, 2.05) is 6.92 Å². The van der Waals surface area contributed by atoms with Crippen LogP contribution >= 0.6 is 0 Å². The molecular formula is C15H22N4O3. The van der Waals surface area contributed by atoms with Gasteiger partial charge in [-0.1, -0.05) is 18.5 Å². The minimum Gasteiger partial charge on any atom is -0.360 e. The van der Waals surface area contributed by atoms with E-state index < -0.39 is 0 Å². The molecule has 0 aromatic carbocycles. The third kappa shape index (κ3) is 3.52. The number of nitrogens with one attached hydrogen (secondary N) is 1. The highest BCUT2D eigenvalue weighted by atomic mass is 16.5. The highest BCUT2D eigenvalue weighted by molar-refractivity contribution is 5.81. The lowest BCUT2D eigenvalue weighted by Crippen LogP contribution is -2.27. The minimum absolute atomic E-state index is 0.0107. The van der Waals surface area contributed by atoms with Crippen molar-refractivity contribution in [3.63, 3.8) is 0 Å². The second-order valence-corrected chi connectivity index (χ2v) is 5.38. The minimum atomic E-state index is -0.274. The molecule has 2 heterocycles. The van der Waals surface area contributed by atoms with Crippen LogP contribution < -0.4 is 10.9 Å². The van der Waals surface area contributed by atoms with Gasteiger partial charge in [0, 0.05) is 19.5 Å². The summed E-state index contributed by atoms with van der Waals surface area (Å²) in [7, 11) is 0. The van der Waals surface area contributed by atoms with Crippen LogP contribution in [0.1, 0.15) is 44.1 Å². The first-order chi connectivity index (χ1) is 10.5. The zero-order valence-electron chi connectivity index (χ0n) is 13.3. The van der Waals surface area contributed by atoms with Crippen LogP contribution in [0.4, 0.5) is 0 Å². The van der Waals surface area contributed by atoms with Gasteiger partial charge in [-0.2, -0.15) is 5.10 Å². The Morgan fingerprint density at radius 3 is 2.82 bits per heavy atom. The number of unbranched alkanes of at least 4 members (excludes halogenated alkanes) is 1. The van der Waals surface area contributed by atoms with Crippen LogP contribution in [0.15, 0.2) is 9.32 Å². The molecule has 0 saturated heterocycles. The molecule has 7 heteroatoms. The third-order valence-electron chi connectivity index (χ3n) is 3.56. The summed E-state index contributed by atoms with van der Waals surface area (Å²) in [4.78, 5) is 23.9. The molecule has 0 aliphatic carbocycles. The van der Waals surface area contributed by atoms with E-state index in [0.29, 0.717) is 48.3 Å². The molecule has 2 aromatic heterocycles. The third-order valence-corrected chi connectivity index (χ3v) is 3.56. The van der Waals surface area contributed by atoms with Gasteiger partial charge < -0.3 is 9.84 Å². The van der Waals surface area contributed by atoms with Crippen molar-refractivity contribution in [2.75, 3.05) is 6.54 Å². The van der Waals surface area contributed by atoms with Crippen LogP contribution in [0.3, 0.4) is 0 Å². The molecule has 0 atom stereocenters. The molecule has 0 unspecified atom stereocenters. The molecule has 0 saturated carbocycles. The zero-order valence-corrected chi connectivity index (χ0v) is 13.3. The lowest BCUT2D eigenvalue weighted by molar-refractivity contribution is -0.121. The zero-order chi connectivity index (χ0) is 16.1. The summed E-state index contributed by atoms with van der Waals surface area (Å²) < 4.78 is 6.42. The van der Waals surface area contributed by atoms with Gasteiger partial charge in [0.1, 0.15) is 5.76 Å². The SMILES string of the molecule is CCCCNC(=O)CCCn1nc(C)c2c(C)onc2c1=O. The normalized spacial score (nSPS) is 11.0. The van der Waals surface area contributed by atoms with Gasteiger partial charge in [0.15, 0.2) is 5.52 Å². The Balaban J connectivity index is 1.99. The van der Waals surface area contributed by atoms with Gasteiger partial charge in [-0.15, -0.1) is 0 Å². The van der Waals surface area contributed by atoms with Crippen molar-refractivity contribution in [2.45, 2.75) is 53.0 Å². The Morgan fingerprint density at radius 1 is 1.32 bits per heavy atom. The molecule has 120 valence electrons. The number of aromatic nitrogens is 3. The molecule has 0 aliphatic rings. The van der Waals surface area contributed by atoms with Gasteiger partial charge in [-0.05, 0) is 26.7 Å². The van der Waals surface area contributed by atoms with Crippen LogP contribution in [0.5, 0.6) is 0 Å². The number of aryl methyl sites for hydroxylation is 3. The second kappa shape index (κ2) is 7.20. The number of carbonyl (C=O) groups is 1. The molecule has 1 amide bonds. The van der Waals surface area contributed by atoms with E-state index in [4.69, 9.17) is 4.52 Å².